The quantitative estimate of drug-likeness (QED) is 0.702. The topological polar surface area (TPSA) is 43.1 Å². The number of carbonyl (C=O) groups is 1. The maximum atomic E-state index is 11.8. The van der Waals surface area contributed by atoms with Gasteiger partial charge in [-0.05, 0) is 13.3 Å². The van der Waals surface area contributed by atoms with Gasteiger partial charge >= 0.3 is 0 Å². The van der Waals surface area contributed by atoms with Crippen molar-refractivity contribution >= 4 is 11.6 Å². The number of hydrogen-bond donors (Lipinski definition) is 2. The second-order valence-corrected chi connectivity index (χ2v) is 4.15. The molecule has 1 aliphatic heterocycles. The molecule has 0 aromatic heterocycles. The third-order valence-electron chi connectivity index (χ3n) is 2.78. The lowest BCUT2D eigenvalue weighted by Crippen LogP contribution is -2.72. The van der Waals surface area contributed by atoms with E-state index in [4.69, 9.17) is 0 Å². The summed E-state index contributed by atoms with van der Waals surface area (Å²) in [6.45, 7) is 3.41. The molecule has 0 amide bonds. The minimum Gasteiger partial charge on any atom is -0.290 e. The summed E-state index contributed by atoms with van der Waals surface area (Å²) in [7, 11) is 0. The number of nitrogens with one attached hydrogen (secondary N) is 2. The van der Waals surface area contributed by atoms with Gasteiger partial charge in [0.05, 0.1) is 13.0 Å². The molecule has 0 saturated heterocycles. The van der Waals surface area contributed by atoms with E-state index in [0.29, 0.717) is 6.54 Å². The standard InChI is InChI=1S/C13H16N2O/c1-10-4-6-11(7-5-10)12(16)9-15-13-3-2-8-14-13/h4-7H,2-3,8-9H2,1H3,(H,14,15)/p+1. The van der Waals surface area contributed by atoms with Crippen LogP contribution in [-0.4, -0.2) is 24.7 Å². The van der Waals surface area contributed by atoms with Gasteiger partial charge in [-0.25, -0.2) is 0 Å². The largest absolute Gasteiger partial charge is 0.290 e. The third kappa shape index (κ3) is 2.69. The van der Waals surface area contributed by atoms with Crippen molar-refractivity contribution in [1.29, 1.82) is 0 Å². The van der Waals surface area contributed by atoms with Gasteiger partial charge in [-0.1, -0.05) is 29.8 Å². The van der Waals surface area contributed by atoms with Gasteiger partial charge in [0.15, 0.2) is 0 Å². The van der Waals surface area contributed by atoms with E-state index in [-0.39, 0.29) is 5.78 Å². The molecule has 0 spiro atoms. The lowest BCUT2D eigenvalue weighted by Gasteiger charge is -2.00. The van der Waals surface area contributed by atoms with E-state index in [1.54, 1.807) is 0 Å². The highest BCUT2D eigenvalue weighted by Gasteiger charge is 2.14. The van der Waals surface area contributed by atoms with E-state index in [2.05, 4.69) is 10.3 Å². The highest BCUT2D eigenvalue weighted by atomic mass is 16.1. The SMILES string of the molecule is Cc1ccc(C(=O)CNC2=[NH+]CCC2)cc1. The Morgan fingerprint density at radius 1 is 1.38 bits per heavy atom. The monoisotopic (exact) mass is 217 g/mol. The lowest BCUT2D eigenvalue weighted by molar-refractivity contribution is -0.449. The first-order valence-corrected chi connectivity index (χ1v) is 5.69. The Hall–Kier alpha value is -1.64. The highest BCUT2D eigenvalue weighted by Crippen LogP contribution is 2.03. The predicted molar refractivity (Wildman–Crippen MR) is 63.6 cm³/mol. The average Bonchev–Trinajstić information content (AvgIpc) is 2.80. The maximum absolute atomic E-state index is 11.8. The number of aryl methyl sites for hydroxylation is 1. The number of ketones is 1. The Morgan fingerprint density at radius 3 is 2.75 bits per heavy atom. The number of Topliss-reactive ketones (excluding diaryl/α,β-unsaturated/α-hetero) is 1. The smallest absolute Gasteiger partial charge is 0.243 e. The van der Waals surface area contributed by atoms with Crippen LogP contribution in [0.3, 0.4) is 0 Å². The van der Waals surface area contributed by atoms with Crippen LogP contribution in [0.15, 0.2) is 24.3 Å². The third-order valence-corrected chi connectivity index (χ3v) is 2.78. The fraction of sp³-hybridized carbons (Fsp3) is 0.385. The summed E-state index contributed by atoms with van der Waals surface area (Å²) in [4.78, 5) is 15.0. The summed E-state index contributed by atoms with van der Waals surface area (Å²) < 4.78 is 0. The van der Waals surface area contributed by atoms with Crippen molar-refractivity contribution in [2.75, 3.05) is 13.1 Å². The van der Waals surface area contributed by atoms with Gasteiger partial charge in [-0.2, -0.15) is 0 Å². The zero-order valence-electron chi connectivity index (χ0n) is 9.55. The molecule has 0 radical (unpaired) electrons. The van der Waals surface area contributed by atoms with Crippen LogP contribution in [-0.2, 0) is 0 Å². The van der Waals surface area contributed by atoms with Crippen LogP contribution in [0, 0.1) is 6.92 Å². The molecule has 0 bridgehead atoms. The second-order valence-electron chi connectivity index (χ2n) is 4.15. The number of carbonyl (C=O) groups excluding carboxylic acids is 1. The van der Waals surface area contributed by atoms with Crippen molar-refractivity contribution in [2.24, 2.45) is 0 Å². The van der Waals surface area contributed by atoms with Gasteiger partial charge < -0.3 is 0 Å². The molecule has 2 N–H and O–H groups in total. The molecule has 0 unspecified atom stereocenters. The number of benzene rings is 1. The molecule has 0 atom stereocenters. The summed E-state index contributed by atoms with van der Waals surface area (Å²) in [5.41, 5.74) is 1.95. The van der Waals surface area contributed by atoms with Crippen LogP contribution in [0.1, 0.15) is 28.8 Å². The Labute approximate surface area is 95.6 Å². The van der Waals surface area contributed by atoms with Gasteiger partial charge in [-0.15, -0.1) is 0 Å². The van der Waals surface area contributed by atoms with Crippen LogP contribution in [0.5, 0.6) is 0 Å². The summed E-state index contributed by atoms with van der Waals surface area (Å²) in [6.07, 6.45) is 2.18. The van der Waals surface area contributed by atoms with E-state index in [0.717, 1.165) is 30.8 Å². The molecule has 3 heteroatoms. The number of amidine groups is 1. The van der Waals surface area contributed by atoms with Crippen molar-refractivity contribution in [3.63, 3.8) is 0 Å². The molecule has 1 aromatic carbocycles. The van der Waals surface area contributed by atoms with Crippen LogP contribution in [0.2, 0.25) is 0 Å². The van der Waals surface area contributed by atoms with Crippen molar-refractivity contribution in [3.05, 3.63) is 35.4 Å². The van der Waals surface area contributed by atoms with E-state index in [9.17, 15) is 4.79 Å². The molecule has 2 rings (SSSR count). The Morgan fingerprint density at radius 2 is 2.12 bits per heavy atom. The summed E-state index contributed by atoms with van der Waals surface area (Å²) in [5, 5.41) is 3.15. The molecule has 1 aromatic rings. The Balaban J connectivity index is 1.90. The fourth-order valence-electron chi connectivity index (χ4n) is 1.77. The normalized spacial score (nSPS) is 14.7. The molecule has 1 aliphatic rings. The molecular formula is C13H17N2O+. The van der Waals surface area contributed by atoms with Crippen LogP contribution >= 0.6 is 0 Å². The van der Waals surface area contributed by atoms with Crippen molar-refractivity contribution < 1.29 is 9.79 Å². The molecule has 3 nitrogen and oxygen atoms in total. The first-order chi connectivity index (χ1) is 7.75. The van der Waals surface area contributed by atoms with E-state index in [1.807, 2.05) is 31.2 Å². The zero-order valence-corrected chi connectivity index (χ0v) is 9.55. The first-order valence-electron chi connectivity index (χ1n) is 5.69. The number of hydrogen-bond acceptors (Lipinski definition) is 2. The zero-order chi connectivity index (χ0) is 11.4. The van der Waals surface area contributed by atoms with Crippen molar-refractivity contribution in [1.82, 2.24) is 5.32 Å². The molecule has 16 heavy (non-hydrogen) atoms. The first kappa shape index (κ1) is 10.9. The lowest BCUT2D eigenvalue weighted by atomic mass is 10.1. The van der Waals surface area contributed by atoms with E-state index < -0.39 is 0 Å². The molecule has 0 fully saturated rings. The van der Waals surface area contributed by atoms with Gasteiger partial charge in [-0.3, -0.25) is 15.1 Å². The second kappa shape index (κ2) is 4.92. The predicted octanol–water partition coefficient (Wildman–Crippen LogP) is 0.0402. The Bertz CT molecular complexity index is 406. The Kier molecular flexibility index (Phi) is 3.34. The summed E-state index contributed by atoms with van der Waals surface area (Å²) >= 11 is 0. The molecule has 84 valence electrons. The average molecular weight is 217 g/mol. The highest BCUT2D eigenvalue weighted by molar-refractivity contribution is 5.99. The summed E-state index contributed by atoms with van der Waals surface area (Å²) in [6, 6.07) is 7.70. The van der Waals surface area contributed by atoms with E-state index >= 15 is 0 Å². The molecular weight excluding hydrogens is 200 g/mol. The van der Waals surface area contributed by atoms with Crippen molar-refractivity contribution in [2.45, 2.75) is 19.8 Å². The maximum Gasteiger partial charge on any atom is 0.243 e. The molecule has 1 heterocycles. The number of rotatable bonds is 3. The van der Waals surface area contributed by atoms with Gasteiger partial charge in [0.2, 0.25) is 11.6 Å². The van der Waals surface area contributed by atoms with Gasteiger partial charge in [0.1, 0.15) is 6.54 Å². The molecule has 0 saturated carbocycles. The minimum absolute atomic E-state index is 0.140. The van der Waals surface area contributed by atoms with Crippen LogP contribution in [0.4, 0.5) is 0 Å². The van der Waals surface area contributed by atoms with Crippen molar-refractivity contribution in [3.8, 4) is 0 Å². The van der Waals surface area contributed by atoms with E-state index in [1.165, 1.54) is 5.56 Å². The van der Waals surface area contributed by atoms with Gasteiger partial charge in [0.25, 0.3) is 0 Å². The van der Waals surface area contributed by atoms with Crippen LogP contribution in [0.25, 0.3) is 0 Å². The van der Waals surface area contributed by atoms with Gasteiger partial charge in [0, 0.05) is 5.56 Å². The summed E-state index contributed by atoms with van der Waals surface area (Å²) in [5.74, 6) is 1.24. The minimum atomic E-state index is 0.140. The van der Waals surface area contributed by atoms with Crippen LogP contribution < -0.4 is 10.3 Å². The fourth-order valence-corrected chi connectivity index (χ4v) is 1.77. The molecule has 0 aliphatic carbocycles.